The van der Waals surface area contributed by atoms with E-state index in [1.165, 1.54) is 36.0 Å². The highest BCUT2D eigenvalue weighted by Crippen LogP contribution is 2.46. The molecule has 2 aliphatic rings. The number of sulfonamides is 1. The van der Waals surface area contributed by atoms with E-state index < -0.39 is 27.1 Å². The highest BCUT2D eigenvalue weighted by atomic mass is 32.2. The van der Waals surface area contributed by atoms with Gasteiger partial charge in [-0.25, -0.2) is 18.1 Å². The standard InChI is InChI=1S/C25H26N4O4S2/c1-24(2,3)28-35(32,33)17-12-10-16(11-13-17)25(31)18-7-4-5-9-20(18)29(23(25)30)15-21-27-19-8-6-14-26-22(19)34-21/h4-14,21,27-28,31H,15H2,1-3H3. The van der Waals surface area contributed by atoms with Crippen molar-refractivity contribution in [3.05, 3.63) is 78.0 Å². The zero-order valence-corrected chi connectivity index (χ0v) is 21.2. The summed E-state index contributed by atoms with van der Waals surface area (Å²) >= 11 is 1.53. The Morgan fingerprint density at radius 2 is 1.83 bits per heavy atom. The molecule has 2 atom stereocenters. The van der Waals surface area contributed by atoms with Gasteiger partial charge in [-0.05, 0) is 56.7 Å². The van der Waals surface area contributed by atoms with Crippen LogP contribution in [0.1, 0.15) is 31.9 Å². The highest BCUT2D eigenvalue weighted by Gasteiger charge is 2.51. The van der Waals surface area contributed by atoms with E-state index in [-0.39, 0.29) is 10.3 Å². The average molecular weight is 511 g/mol. The minimum absolute atomic E-state index is 0.0622. The third-order valence-electron chi connectivity index (χ3n) is 5.85. The molecule has 5 rings (SSSR count). The number of nitrogens with one attached hydrogen (secondary N) is 2. The first kappa shape index (κ1) is 23.8. The van der Waals surface area contributed by atoms with Crippen molar-refractivity contribution in [1.82, 2.24) is 9.71 Å². The van der Waals surface area contributed by atoms with E-state index >= 15 is 0 Å². The second-order valence-corrected chi connectivity index (χ2v) is 12.5. The van der Waals surface area contributed by atoms with Crippen LogP contribution in [0.5, 0.6) is 0 Å². The van der Waals surface area contributed by atoms with Crippen molar-refractivity contribution in [1.29, 1.82) is 0 Å². The number of hydrogen-bond acceptors (Lipinski definition) is 7. The van der Waals surface area contributed by atoms with Gasteiger partial charge in [0.1, 0.15) is 5.03 Å². The summed E-state index contributed by atoms with van der Waals surface area (Å²) in [5, 5.41) is 15.9. The molecule has 3 aromatic rings. The average Bonchev–Trinajstić information content (AvgIpc) is 3.31. The van der Waals surface area contributed by atoms with Gasteiger partial charge in [-0.1, -0.05) is 42.1 Å². The van der Waals surface area contributed by atoms with Crippen LogP contribution in [0.15, 0.2) is 76.8 Å². The zero-order valence-electron chi connectivity index (χ0n) is 19.5. The Kier molecular flexibility index (Phi) is 5.67. The topological polar surface area (TPSA) is 112 Å². The number of para-hydroxylation sites is 1. The second kappa shape index (κ2) is 8.34. The summed E-state index contributed by atoms with van der Waals surface area (Å²) in [6, 6.07) is 16.7. The van der Waals surface area contributed by atoms with Crippen LogP contribution in [-0.2, 0) is 20.4 Å². The summed E-state index contributed by atoms with van der Waals surface area (Å²) < 4.78 is 28.0. The maximum atomic E-state index is 13.7. The molecule has 0 spiro atoms. The number of hydrogen-bond donors (Lipinski definition) is 3. The van der Waals surface area contributed by atoms with Crippen molar-refractivity contribution in [2.45, 2.75) is 47.2 Å². The molecule has 182 valence electrons. The number of carbonyl (C=O) groups is 1. The lowest BCUT2D eigenvalue weighted by Gasteiger charge is -2.25. The first-order chi connectivity index (χ1) is 16.5. The van der Waals surface area contributed by atoms with Gasteiger partial charge in [0.2, 0.25) is 10.0 Å². The monoisotopic (exact) mass is 510 g/mol. The van der Waals surface area contributed by atoms with Crippen LogP contribution in [0.2, 0.25) is 0 Å². The molecular formula is C25H26N4O4S2. The number of thioether (sulfide) groups is 1. The zero-order chi connectivity index (χ0) is 25.0. The highest BCUT2D eigenvalue weighted by molar-refractivity contribution is 8.00. The lowest BCUT2D eigenvalue weighted by Crippen LogP contribution is -2.44. The molecule has 35 heavy (non-hydrogen) atoms. The van der Waals surface area contributed by atoms with E-state index in [1.807, 2.05) is 24.3 Å². The van der Waals surface area contributed by atoms with Gasteiger partial charge in [-0.2, -0.15) is 0 Å². The largest absolute Gasteiger partial charge is 0.372 e. The lowest BCUT2D eigenvalue weighted by atomic mass is 9.87. The van der Waals surface area contributed by atoms with Gasteiger partial charge >= 0.3 is 0 Å². The van der Waals surface area contributed by atoms with Crippen LogP contribution in [0.4, 0.5) is 11.4 Å². The summed E-state index contributed by atoms with van der Waals surface area (Å²) in [6.07, 6.45) is 1.73. The molecule has 0 fully saturated rings. The summed E-state index contributed by atoms with van der Waals surface area (Å²) in [6.45, 7) is 5.60. The van der Waals surface area contributed by atoms with E-state index in [2.05, 4.69) is 15.0 Å². The third-order valence-corrected chi connectivity index (χ3v) is 8.73. The number of pyridine rings is 1. The Balaban J connectivity index is 1.45. The van der Waals surface area contributed by atoms with Crippen LogP contribution in [-0.4, -0.2) is 41.9 Å². The number of rotatable bonds is 5. The van der Waals surface area contributed by atoms with Crippen LogP contribution < -0.4 is 14.9 Å². The molecule has 2 aromatic carbocycles. The van der Waals surface area contributed by atoms with E-state index in [0.717, 1.165) is 10.7 Å². The van der Waals surface area contributed by atoms with Crippen LogP contribution in [0.3, 0.4) is 0 Å². The van der Waals surface area contributed by atoms with Crippen molar-refractivity contribution in [2.75, 3.05) is 16.8 Å². The Bertz CT molecular complexity index is 1380. The van der Waals surface area contributed by atoms with Gasteiger partial charge < -0.3 is 15.3 Å². The van der Waals surface area contributed by atoms with E-state index in [9.17, 15) is 18.3 Å². The minimum atomic E-state index is -3.75. The molecule has 10 heteroatoms. The van der Waals surface area contributed by atoms with E-state index in [1.54, 1.807) is 44.0 Å². The number of anilines is 2. The summed E-state index contributed by atoms with van der Waals surface area (Å²) in [4.78, 5) is 19.7. The summed E-state index contributed by atoms with van der Waals surface area (Å²) in [5.74, 6) is -0.478. The normalized spacial score (nSPS) is 21.5. The number of nitrogens with zero attached hydrogens (tertiary/aromatic N) is 2. The molecule has 2 aliphatic heterocycles. The number of fused-ring (bicyclic) bond motifs is 2. The van der Waals surface area contributed by atoms with Gasteiger partial charge in [-0.15, -0.1) is 0 Å². The van der Waals surface area contributed by atoms with Crippen molar-refractivity contribution in [3.8, 4) is 0 Å². The fourth-order valence-corrected chi connectivity index (χ4v) is 6.89. The molecule has 3 heterocycles. The molecule has 1 amide bonds. The van der Waals surface area contributed by atoms with E-state index in [0.29, 0.717) is 23.4 Å². The maximum absolute atomic E-state index is 13.7. The third kappa shape index (κ3) is 4.20. The number of aliphatic hydroxyl groups is 1. The van der Waals surface area contributed by atoms with Crippen molar-refractivity contribution in [2.24, 2.45) is 0 Å². The van der Waals surface area contributed by atoms with Crippen molar-refractivity contribution < 1.29 is 18.3 Å². The first-order valence-corrected chi connectivity index (χ1v) is 13.5. The molecule has 0 radical (unpaired) electrons. The SMILES string of the molecule is CC(C)(C)NS(=O)(=O)c1ccc(C2(O)C(=O)N(CC3Nc4cccnc4S3)c3ccccc32)cc1. The first-order valence-electron chi connectivity index (χ1n) is 11.2. The second-order valence-electron chi connectivity index (χ2n) is 9.63. The molecule has 0 saturated heterocycles. The smallest absolute Gasteiger partial charge is 0.268 e. The van der Waals surface area contributed by atoms with Crippen LogP contribution in [0, 0.1) is 0 Å². The molecule has 1 aromatic heterocycles. The van der Waals surface area contributed by atoms with Gasteiger partial charge in [0.25, 0.3) is 5.91 Å². The summed E-state index contributed by atoms with van der Waals surface area (Å²) in [7, 11) is -3.75. The minimum Gasteiger partial charge on any atom is -0.372 e. The number of aromatic nitrogens is 1. The molecule has 0 bridgehead atoms. The molecule has 3 N–H and O–H groups in total. The molecular weight excluding hydrogens is 484 g/mol. The van der Waals surface area contributed by atoms with Crippen molar-refractivity contribution >= 4 is 39.1 Å². The fraction of sp³-hybridized carbons (Fsp3) is 0.280. The number of amides is 1. The van der Waals surface area contributed by atoms with Crippen LogP contribution in [0.25, 0.3) is 0 Å². The van der Waals surface area contributed by atoms with Crippen LogP contribution >= 0.6 is 11.8 Å². The van der Waals surface area contributed by atoms with Gasteiger partial charge in [-0.3, -0.25) is 4.79 Å². The number of benzene rings is 2. The Labute approximate surface area is 208 Å². The Hall–Kier alpha value is -2.92. The predicted octanol–water partition coefficient (Wildman–Crippen LogP) is 3.28. The van der Waals surface area contributed by atoms with E-state index in [4.69, 9.17) is 0 Å². The van der Waals surface area contributed by atoms with Gasteiger partial charge in [0.15, 0.2) is 5.60 Å². The Morgan fingerprint density at radius 3 is 2.51 bits per heavy atom. The molecule has 0 saturated carbocycles. The Morgan fingerprint density at radius 1 is 1.11 bits per heavy atom. The fourth-order valence-electron chi connectivity index (χ4n) is 4.41. The molecule has 8 nitrogen and oxygen atoms in total. The number of carbonyl (C=O) groups excluding carboxylic acids is 1. The lowest BCUT2D eigenvalue weighted by molar-refractivity contribution is -0.132. The van der Waals surface area contributed by atoms with Crippen molar-refractivity contribution in [3.63, 3.8) is 0 Å². The maximum Gasteiger partial charge on any atom is 0.268 e. The molecule has 0 aliphatic carbocycles. The predicted molar refractivity (Wildman–Crippen MR) is 136 cm³/mol. The summed E-state index contributed by atoms with van der Waals surface area (Å²) in [5.41, 5.74) is -0.255. The quantitative estimate of drug-likeness (QED) is 0.483. The van der Waals surface area contributed by atoms with Gasteiger partial charge in [0.05, 0.1) is 28.2 Å². The van der Waals surface area contributed by atoms with Gasteiger partial charge in [0, 0.05) is 17.3 Å². The molecule has 2 unspecified atom stereocenters.